The van der Waals surface area contributed by atoms with Crippen LogP contribution in [-0.4, -0.2) is 17.7 Å². The topological polar surface area (TPSA) is 72.2 Å². The van der Waals surface area contributed by atoms with Crippen LogP contribution in [-0.2, 0) is 9.59 Å². The summed E-state index contributed by atoms with van der Waals surface area (Å²) in [5, 5.41) is 3.02. The first-order valence-electron chi connectivity index (χ1n) is 10.4. The van der Waals surface area contributed by atoms with E-state index in [0.29, 0.717) is 36.4 Å². The smallest absolute Gasteiger partial charge is 0.237 e. The van der Waals surface area contributed by atoms with Crippen molar-refractivity contribution >= 4 is 11.7 Å². The van der Waals surface area contributed by atoms with Gasteiger partial charge in [-0.25, -0.2) is 0 Å². The highest BCUT2D eigenvalue weighted by molar-refractivity contribution is 5.82. The normalized spacial score (nSPS) is 25.0. The van der Waals surface area contributed by atoms with Crippen molar-refractivity contribution in [2.45, 2.75) is 71.9 Å². The first-order valence-corrected chi connectivity index (χ1v) is 10.4. The lowest BCUT2D eigenvalue weighted by Gasteiger charge is -2.36. The Bertz CT molecular complexity index is 612. The number of amides is 1. The van der Waals surface area contributed by atoms with Crippen molar-refractivity contribution in [3.8, 4) is 0 Å². The predicted molar refractivity (Wildman–Crippen MR) is 110 cm³/mol. The maximum atomic E-state index is 13.1. The van der Waals surface area contributed by atoms with Gasteiger partial charge in [-0.2, -0.15) is 0 Å². The Morgan fingerprint density at radius 2 is 1.81 bits per heavy atom. The van der Waals surface area contributed by atoms with Crippen molar-refractivity contribution in [2.75, 3.05) is 0 Å². The number of benzene rings is 1. The Balaban J connectivity index is 2.06. The fourth-order valence-electron chi connectivity index (χ4n) is 4.36. The van der Waals surface area contributed by atoms with Gasteiger partial charge < -0.3 is 11.1 Å². The van der Waals surface area contributed by atoms with E-state index in [1.807, 2.05) is 30.3 Å². The largest absolute Gasteiger partial charge is 0.348 e. The molecule has 1 aliphatic rings. The molecular formula is C23H36N2O2. The van der Waals surface area contributed by atoms with Gasteiger partial charge in [-0.05, 0) is 49.5 Å². The number of nitrogens with two attached hydrogens (primary N) is 1. The summed E-state index contributed by atoms with van der Waals surface area (Å²) < 4.78 is 0. The average Bonchev–Trinajstić information content (AvgIpc) is 2.64. The van der Waals surface area contributed by atoms with E-state index in [1.165, 1.54) is 6.42 Å². The van der Waals surface area contributed by atoms with Crippen LogP contribution >= 0.6 is 0 Å². The molecule has 0 heterocycles. The highest BCUT2D eigenvalue weighted by Crippen LogP contribution is 2.39. The van der Waals surface area contributed by atoms with Crippen LogP contribution < -0.4 is 11.1 Å². The molecule has 0 spiro atoms. The molecule has 5 atom stereocenters. The molecule has 1 aliphatic carbocycles. The minimum atomic E-state index is -0.559. The maximum absolute atomic E-state index is 13.1. The van der Waals surface area contributed by atoms with E-state index in [-0.39, 0.29) is 17.9 Å². The van der Waals surface area contributed by atoms with Crippen LogP contribution in [0.25, 0.3) is 0 Å². The first kappa shape index (κ1) is 21.6. The SMILES string of the molecule is CC(C)[C@@H]1CC[C@@H](C)C[C@H]1C(=O)CC[C@H](NC(=O)[C@@H](C)N)c1ccccc1. The molecule has 0 saturated heterocycles. The molecule has 2 rings (SSSR count). The van der Waals surface area contributed by atoms with E-state index in [0.717, 1.165) is 18.4 Å². The summed E-state index contributed by atoms with van der Waals surface area (Å²) >= 11 is 0. The number of rotatable bonds is 8. The predicted octanol–water partition coefficient (Wildman–Crippen LogP) is 4.25. The number of hydrogen-bond donors (Lipinski definition) is 2. The van der Waals surface area contributed by atoms with Crippen LogP contribution in [0.5, 0.6) is 0 Å². The summed E-state index contributed by atoms with van der Waals surface area (Å²) in [5.41, 5.74) is 6.75. The molecule has 1 fully saturated rings. The standard InChI is InChI=1S/C23H36N2O2/c1-15(2)19-11-10-16(3)14-20(19)22(26)13-12-21(25-23(27)17(4)24)18-8-6-5-7-9-18/h5-9,15-17,19-21H,10-14,24H2,1-4H3,(H,25,27)/t16-,17-,19+,20-,21+/m1/s1. The summed E-state index contributed by atoms with van der Waals surface area (Å²) in [6.45, 7) is 8.40. The van der Waals surface area contributed by atoms with Crippen LogP contribution in [0, 0.1) is 23.7 Å². The molecule has 0 bridgehead atoms. The molecule has 1 amide bonds. The van der Waals surface area contributed by atoms with E-state index in [4.69, 9.17) is 5.73 Å². The van der Waals surface area contributed by atoms with Crippen molar-refractivity contribution in [1.29, 1.82) is 0 Å². The lowest BCUT2D eigenvalue weighted by molar-refractivity contribution is -0.128. The lowest BCUT2D eigenvalue weighted by Crippen LogP contribution is -2.40. The van der Waals surface area contributed by atoms with Crippen molar-refractivity contribution in [3.63, 3.8) is 0 Å². The van der Waals surface area contributed by atoms with Gasteiger partial charge >= 0.3 is 0 Å². The molecule has 1 saturated carbocycles. The van der Waals surface area contributed by atoms with Crippen LogP contribution in [0.15, 0.2) is 30.3 Å². The molecule has 0 unspecified atom stereocenters. The molecule has 27 heavy (non-hydrogen) atoms. The van der Waals surface area contributed by atoms with E-state index >= 15 is 0 Å². The average molecular weight is 373 g/mol. The third-order valence-electron chi connectivity index (χ3n) is 6.05. The van der Waals surface area contributed by atoms with E-state index in [9.17, 15) is 9.59 Å². The zero-order valence-corrected chi connectivity index (χ0v) is 17.3. The number of hydrogen-bond acceptors (Lipinski definition) is 3. The van der Waals surface area contributed by atoms with Gasteiger partial charge in [-0.3, -0.25) is 9.59 Å². The van der Waals surface area contributed by atoms with Crippen molar-refractivity contribution < 1.29 is 9.59 Å². The minimum Gasteiger partial charge on any atom is -0.348 e. The highest BCUT2D eigenvalue weighted by Gasteiger charge is 2.35. The number of carbonyl (C=O) groups is 2. The van der Waals surface area contributed by atoms with Crippen molar-refractivity contribution in [3.05, 3.63) is 35.9 Å². The van der Waals surface area contributed by atoms with Gasteiger partial charge in [0.05, 0.1) is 12.1 Å². The Hall–Kier alpha value is -1.68. The quantitative estimate of drug-likeness (QED) is 0.716. The fourth-order valence-corrected chi connectivity index (χ4v) is 4.36. The van der Waals surface area contributed by atoms with Gasteiger partial charge in [0.2, 0.25) is 5.91 Å². The number of carbonyl (C=O) groups excluding carboxylic acids is 2. The summed E-state index contributed by atoms with van der Waals surface area (Å²) in [5.74, 6) is 1.99. The second-order valence-corrected chi connectivity index (χ2v) is 8.70. The molecule has 0 aliphatic heterocycles. The van der Waals surface area contributed by atoms with Crippen molar-refractivity contribution in [2.24, 2.45) is 29.4 Å². The van der Waals surface area contributed by atoms with Crippen molar-refractivity contribution in [1.82, 2.24) is 5.32 Å². The Morgan fingerprint density at radius 3 is 2.41 bits per heavy atom. The highest BCUT2D eigenvalue weighted by atomic mass is 16.2. The van der Waals surface area contributed by atoms with Gasteiger partial charge in [-0.15, -0.1) is 0 Å². The van der Waals surface area contributed by atoms with Crippen LogP contribution in [0.3, 0.4) is 0 Å². The molecular weight excluding hydrogens is 336 g/mol. The Labute approximate surface area is 164 Å². The third kappa shape index (κ3) is 6.17. The summed E-state index contributed by atoms with van der Waals surface area (Å²) in [4.78, 5) is 25.2. The second kappa shape index (κ2) is 10.0. The second-order valence-electron chi connectivity index (χ2n) is 8.70. The summed E-state index contributed by atoms with van der Waals surface area (Å²) in [6, 6.07) is 9.13. The Morgan fingerprint density at radius 1 is 1.15 bits per heavy atom. The van der Waals surface area contributed by atoms with Crippen LogP contribution in [0.2, 0.25) is 0 Å². The molecule has 0 radical (unpaired) electrons. The Kier molecular flexibility index (Phi) is 8.03. The molecule has 4 nitrogen and oxygen atoms in total. The first-order chi connectivity index (χ1) is 12.8. The molecule has 4 heteroatoms. The van der Waals surface area contributed by atoms with E-state index in [1.54, 1.807) is 6.92 Å². The zero-order chi connectivity index (χ0) is 20.0. The van der Waals surface area contributed by atoms with Gasteiger partial charge in [0.15, 0.2) is 0 Å². The molecule has 3 N–H and O–H groups in total. The summed E-state index contributed by atoms with van der Waals surface area (Å²) in [6.07, 6.45) is 4.50. The lowest BCUT2D eigenvalue weighted by atomic mass is 9.68. The van der Waals surface area contributed by atoms with Gasteiger partial charge in [-0.1, -0.05) is 57.5 Å². The van der Waals surface area contributed by atoms with Gasteiger partial charge in [0.1, 0.15) is 5.78 Å². The molecule has 1 aromatic rings. The third-order valence-corrected chi connectivity index (χ3v) is 6.05. The fraction of sp³-hybridized carbons (Fsp3) is 0.652. The number of Topliss-reactive ketones (excluding diaryl/α,β-unsaturated/α-hetero) is 1. The number of ketones is 1. The maximum Gasteiger partial charge on any atom is 0.237 e. The van der Waals surface area contributed by atoms with E-state index < -0.39 is 6.04 Å². The number of nitrogens with one attached hydrogen (secondary N) is 1. The van der Waals surface area contributed by atoms with Gasteiger partial charge in [0.25, 0.3) is 0 Å². The van der Waals surface area contributed by atoms with Gasteiger partial charge in [0, 0.05) is 12.3 Å². The van der Waals surface area contributed by atoms with Crippen LogP contribution in [0.1, 0.15) is 71.4 Å². The molecule has 0 aromatic heterocycles. The molecule has 150 valence electrons. The monoisotopic (exact) mass is 372 g/mol. The van der Waals surface area contributed by atoms with E-state index in [2.05, 4.69) is 26.1 Å². The summed E-state index contributed by atoms with van der Waals surface area (Å²) in [7, 11) is 0. The minimum absolute atomic E-state index is 0.161. The van der Waals surface area contributed by atoms with Crippen LogP contribution in [0.4, 0.5) is 0 Å². The zero-order valence-electron chi connectivity index (χ0n) is 17.3. The molecule has 1 aromatic carbocycles.